The summed E-state index contributed by atoms with van der Waals surface area (Å²) in [5, 5.41) is 4.64. The van der Waals surface area contributed by atoms with Crippen molar-refractivity contribution in [2.24, 2.45) is 0 Å². The van der Waals surface area contributed by atoms with Gasteiger partial charge in [0.15, 0.2) is 11.4 Å². The summed E-state index contributed by atoms with van der Waals surface area (Å²) < 4.78 is 17.5. The van der Waals surface area contributed by atoms with Crippen LogP contribution in [-0.4, -0.2) is 58.4 Å². The lowest BCUT2D eigenvalue weighted by Gasteiger charge is -2.31. The van der Waals surface area contributed by atoms with Crippen molar-refractivity contribution in [2.45, 2.75) is 37.8 Å². The van der Waals surface area contributed by atoms with Crippen molar-refractivity contribution in [1.29, 1.82) is 0 Å². The molecule has 1 aliphatic carbocycles. The van der Waals surface area contributed by atoms with E-state index in [2.05, 4.69) is 25.2 Å². The van der Waals surface area contributed by atoms with Crippen molar-refractivity contribution >= 4 is 45.2 Å². The summed E-state index contributed by atoms with van der Waals surface area (Å²) >= 11 is 6.08. The van der Waals surface area contributed by atoms with E-state index < -0.39 is 0 Å². The van der Waals surface area contributed by atoms with Crippen molar-refractivity contribution in [1.82, 2.24) is 19.9 Å². The topological polar surface area (TPSA) is 98.4 Å². The maximum absolute atomic E-state index is 6.47. The second kappa shape index (κ2) is 9.23. The molecule has 1 N–H and O–H groups in total. The first-order valence-corrected chi connectivity index (χ1v) is 12.0. The predicted octanol–water partition coefficient (Wildman–Crippen LogP) is 4.46. The average molecular weight is 481 g/mol. The van der Waals surface area contributed by atoms with E-state index in [1.54, 1.807) is 12.3 Å². The second-order valence-electron chi connectivity index (χ2n) is 8.67. The van der Waals surface area contributed by atoms with Crippen LogP contribution in [0.3, 0.4) is 0 Å². The van der Waals surface area contributed by atoms with E-state index >= 15 is 0 Å². The third kappa shape index (κ3) is 4.33. The number of pyridine rings is 2. The van der Waals surface area contributed by atoms with E-state index in [0.29, 0.717) is 36.0 Å². The van der Waals surface area contributed by atoms with E-state index in [0.717, 1.165) is 55.5 Å². The van der Waals surface area contributed by atoms with Gasteiger partial charge in [0.25, 0.3) is 0 Å². The van der Waals surface area contributed by atoms with Crippen LogP contribution in [0.15, 0.2) is 41.1 Å². The van der Waals surface area contributed by atoms with Crippen molar-refractivity contribution in [3.8, 4) is 5.88 Å². The molecule has 4 aromatic heterocycles. The van der Waals surface area contributed by atoms with Crippen LogP contribution in [0, 0.1) is 0 Å². The Kier molecular flexibility index (Phi) is 5.80. The number of morpholine rings is 1. The third-order valence-electron chi connectivity index (χ3n) is 6.46. The van der Waals surface area contributed by atoms with Gasteiger partial charge in [-0.15, -0.1) is 0 Å². The van der Waals surface area contributed by atoms with E-state index in [4.69, 9.17) is 30.5 Å². The number of ether oxygens (including phenoxy) is 2. The van der Waals surface area contributed by atoms with Crippen LogP contribution in [0.5, 0.6) is 5.88 Å². The number of anilines is 2. The molecule has 0 bridgehead atoms. The van der Waals surface area contributed by atoms with E-state index in [-0.39, 0.29) is 17.4 Å². The molecule has 1 aliphatic heterocycles. The molecule has 2 aliphatic rings. The van der Waals surface area contributed by atoms with Gasteiger partial charge in [0.05, 0.1) is 30.4 Å². The van der Waals surface area contributed by atoms with Gasteiger partial charge in [-0.1, -0.05) is 0 Å². The minimum absolute atomic E-state index is 0.0894. The summed E-state index contributed by atoms with van der Waals surface area (Å²) in [6.07, 6.45) is 7.18. The first-order chi connectivity index (χ1) is 16.7. The molecule has 0 aromatic carbocycles. The van der Waals surface area contributed by atoms with Crippen molar-refractivity contribution in [3.63, 3.8) is 0 Å². The number of halogens is 1. The molecule has 10 heteroatoms. The molecule has 34 heavy (non-hydrogen) atoms. The molecular formula is C24H25ClN6O3. The van der Waals surface area contributed by atoms with Gasteiger partial charge in [-0.3, -0.25) is 4.98 Å². The summed E-state index contributed by atoms with van der Waals surface area (Å²) in [5.74, 6) is 2.19. The quantitative estimate of drug-likeness (QED) is 0.415. The lowest BCUT2D eigenvalue weighted by molar-refractivity contribution is 0.122. The van der Waals surface area contributed by atoms with Gasteiger partial charge in [-0.05, 0) is 49.4 Å². The first kappa shape index (κ1) is 21.4. The van der Waals surface area contributed by atoms with Crippen molar-refractivity contribution in [3.05, 3.63) is 42.0 Å². The minimum atomic E-state index is 0.0894. The van der Waals surface area contributed by atoms with Crippen LogP contribution in [0.4, 0.5) is 11.6 Å². The lowest BCUT2D eigenvalue weighted by atomic mass is 9.93. The van der Waals surface area contributed by atoms with Crippen LogP contribution >= 0.6 is 11.6 Å². The molecule has 9 nitrogen and oxygen atoms in total. The molecule has 0 radical (unpaired) electrons. The summed E-state index contributed by atoms with van der Waals surface area (Å²) in [4.78, 5) is 20.2. The molecule has 1 saturated heterocycles. The SMILES string of the molecule is Clc1nc(NC2CCC(Oc3nc(N4CCOCC4)cc4ncccc34)CC2)c2occc2n1. The molecule has 0 unspecified atom stereocenters. The number of nitrogens with one attached hydrogen (secondary N) is 1. The highest BCUT2D eigenvalue weighted by molar-refractivity contribution is 6.28. The molecule has 5 heterocycles. The van der Waals surface area contributed by atoms with Crippen molar-refractivity contribution < 1.29 is 13.9 Å². The van der Waals surface area contributed by atoms with Gasteiger partial charge in [0.1, 0.15) is 17.4 Å². The van der Waals surface area contributed by atoms with Crippen LogP contribution in [0.2, 0.25) is 5.28 Å². The Morgan fingerprint density at radius 3 is 2.74 bits per heavy atom. The zero-order chi connectivity index (χ0) is 22.9. The molecule has 176 valence electrons. The van der Waals surface area contributed by atoms with E-state index in [1.165, 1.54) is 0 Å². The van der Waals surface area contributed by atoms with Crippen LogP contribution in [0.25, 0.3) is 22.0 Å². The Morgan fingerprint density at radius 2 is 1.88 bits per heavy atom. The van der Waals surface area contributed by atoms with Gasteiger partial charge in [-0.2, -0.15) is 9.97 Å². The number of furan rings is 1. The largest absolute Gasteiger partial charge is 0.474 e. The average Bonchev–Trinajstić information content (AvgIpc) is 3.34. The Morgan fingerprint density at radius 1 is 1.03 bits per heavy atom. The van der Waals surface area contributed by atoms with Crippen LogP contribution < -0.4 is 15.0 Å². The Bertz CT molecular complexity index is 1300. The van der Waals surface area contributed by atoms with Crippen LogP contribution in [-0.2, 0) is 4.74 Å². The normalized spacial score (nSPS) is 21.1. The molecule has 4 aromatic rings. The highest BCUT2D eigenvalue weighted by Crippen LogP contribution is 2.32. The maximum atomic E-state index is 6.47. The number of aromatic nitrogens is 4. The zero-order valence-electron chi connectivity index (χ0n) is 18.6. The molecule has 0 spiro atoms. The molecule has 0 atom stereocenters. The molecule has 1 saturated carbocycles. The van der Waals surface area contributed by atoms with Gasteiger partial charge in [0.2, 0.25) is 11.2 Å². The smallest absolute Gasteiger partial charge is 0.225 e. The lowest BCUT2D eigenvalue weighted by Crippen LogP contribution is -2.37. The highest BCUT2D eigenvalue weighted by Gasteiger charge is 2.25. The number of nitrogens with zero attached hydrogens (tertiary/aromatic N) is 5. The maximum Gasteiger partial charge on any atom is 0.225 e. The van der Waals surface area contributed by atoms with Crippen LogP contribution in [0.1, 0.15) is 25.7 Å². The number of rotatable bonds is 5. The zero-order valence-corrected chi connectivity index (χ0v) is 19.4. The first-order valence-electron chi connectivity index (χ1n) is 11.7. The fourth-order valence-electron chi connectivity index (χ4n) is 4.69. The Hall–Kier alpha value is -3.17. The Labute approximate surface area is 201 Å². The predicted molar refractivity (Wildman–Crippen MR) is 130 cm³/mol. The fraction of sp³-hybridized carbons (Fsp3) is 0.417. The summed E-state index contributed by atoms with van der Waals surface area (Å²) in [6, 6.07) is 8.03. The summed E-state index contributed by atoms with van der Waals surface area (Å²) in [7, 11) is 0. The monoisotopic (exact) mass is 480 g/mol. The molecular weight excluding hydrogens is 456 g/mol. The van der Waals surface area contributed by atoms with Gasteiger partial charge >= 0.3 is 0 Å². The number of fused-ring (bicyclic) bond motifs is 2. The molecule has 2 fully saturated rings. The van der Waals surface area contributed by atoms with E-state index in [9.17, 15) is 0 Å². The third-order valence-corrected chi connectivity index (χ3v) is 6.62. The van der Waals surface area contributed by atoms with Gasteiger partial charge in [-0.25, -0.2) is 4.98 Å². The van der Waals surface area contributed by atoms with Gasteiger partial charge < -0.3 is 24.1 Å². The van der Waals surface area contributed by atoms with E-state index in [1.807, 2.05) is 24.4 Å². The number of hydrogen-bond donors (Lipinski definition) is 1. The fourth-order valence-corrected chi connectivity index (χ4v) is 4.86. The standard InChI is InChI=1S/C24H25ClN6O3/c25-24-28-18-7-11-33-21(18)22(30-24)27-15-3-5-16(6-4-15)34-23-17-2-1-8-26-19(17)14-20(29-23)31-9-12-32-13-10-31/h1-2,7-8,11,14-16H,3-6,9-10,12-13H2,(H,27,28,30). The Balaban J connectivity index is 1.16. The molecule has 0 amide bonds. The summed E-state index contributed by atoms with van der Waals surface area (Å²) in [6.45, 7) is 3.04. The van der Waals surface area contributed by atoms with Crippen molar-refractivity contribution in [2.75, 3.05) is 36.5 Å². The minimum Gasteiger partial charge on any atom is -0.474 e. The van der Waals surface area contributed by atoms with Gasteiger partial charge in [0, 0.05) is 37.5 Å². The molecule has 6 rings (SSSR count). The second-order valence-corrected chi connectivity index (χ2v) is 9.01. The highest BCUT2D eigenvalue weighted by atomic mass is 35.5. The summed E-state index contributed by atoms with van der Waals surface area (Å²) in [5.41, 5.74) is 2.23. The number of hydrogen-bond acceptors (Lipinski definition) is 9.